The number of amides is 1. The van der Waals surface area contributed by atoms with Crippen LogP contribution in [0.4, 0.5) is 5.00 Å². The van der Waals surface area contributed by atoms with Crippen molar-refractivity contribution in [2.24, 2.45) is 11.3 Å². The van der Waals surface area contributed by atoms with Gasteiger partial charge in [-0.25, -0.2) is 0 Å². The van der Waals surface area contributed by atoms with Gasteiger partial charge in [-0.1, -0.05) is 50.4 Å². The molecule has 3 heterocycles. The van der Waals surface area contributed by atoms with Crippen LogP contribution in [-0.2, 0) is 12.8 Å². The maximum atomic E-state index is 13.1. The third kappa shape index (κ3) is 3.85. The molecule has 0 radical (unpaired) electrons. The van der Waals surface area contributed by atoms with Gasteiger partial charge in [0.05, 0.1) is 5.56 Å². The SMILES string of the molecule is CCC(C)(C)[C@H]1CCc2c(sc3c2C(=O)N[C@H](c2ccc(-c4cc(Cl)cc(Cl)c4)o2)N3)C1. The van der Waals surface area contributed by atoms with E-state index < -0.39 is 6.17 Å². The third-order valence-corrected chi connectivity index (χ3v) is 8.74. The second-order valence-corrected chi connectivity index (χ2v) is 11.4. The van der Waals surface area contributed by atoms with Gasteiger partial charge in [-0.05, 0) is 66.5 Å². The van der Waals surface area contributed by atoms with E-state index in [1.807, 2.05) is 24.3 Å². The van der Waals surface area contributed by atoms with Gasteiger partial charge in [-0.3, -0.25) is 4.79 Å². The Hall–Kier alpha value is -1.95. The second kappa shape index (κ2) is 8.12. The molecule has 2 aromatic heterocycles. The summed E-state index contributed by atoms with van der Waals surface area (Å²) < 4.78 is 6.07. The topological polar surface area (TPSA) is 54.3 Å². The summed E-state index contributed by atoms with van der Waals surface area (Å²) in [6.07, 6.45) is 3.90. The molecule has 4 nitrogen and oxygen atoms in total. The van der Waals surface area contributed by atoms with Gasteiger partial charge in [0.1, 0.15) is 16.5 Å². The molecular weight excluding hydrogens is 463 g/mol. The fourth-order valence-corrected chi connectivity index (χ4v) is 6.63. The van der Waals surface area contributed by atoms with Crippen molar-refractivity contribution in [2.75, 3.05) is 5.32 Å². The number of thiophene rings is 1. The highest BCUT2D eigenvalue weighted by Crippen LogP contribution is 2.47. The Labute approximate surface area is 202 Å². The van der Waals surface area contributed by atoms with E-state index in [-0.39, 0.29) is 5.91 Å². The molecule has 1 aliphatic heterocycles. The van der Waals surface area contributed by atoms with Crippen molar-refractivity contribution in [1.29, 1.82) is 0 Å². The Morgan fingerprint density at radius 3 is 2.62 bits per heavy atom. The first-order valence-electron chi connectivity index (χ1n) is 11.0. The number of anilines is 1. The molecule has 2 N–H and O–H groups in total. The van der Waals surface area contributed by atoms with Crippen molar-refractivity contribution in [1.82, 2.24) is 5.32 Å². The number of carbonyl (C=O) groups is 1. The van der Waals surface area contributed by atoms with E-state index in [9.17, 15) is 4.79 Å². The van der Waals surface area contributed by atoms with Gasteiger partial charge in [0.25, 0.3) is 5.91 Å². The Kier molecular flexibility index (Phi) is 5.55. The maximum Gasteiger partial charge on any atom is 0.256 e. The average Bonchev–Trinajstić information content (AvgIpc) is 3.37. The highest BCUT2D eigenvalue weighted by Gasteiger charge is 2.37. The first-order valence-corrected chi connectivity index (χ1v) is 12.6. The summed E-state index contributed by atoms with van der Waals surface area (Å²) in [5.74, 6) is 1.92. The van der Waals surface area contributed by atoms with E-state index in [1.54, 1.807) is 17.4 Å². The smallest absolute Gasteiger partial charge is 0.256 e. The number of furan rings is 1. The standard InChI is InChI=1S/C25H26Cl2N2O2S/c1-4-25(2,3)14-5-6-17-20(11-14)32-24-21(17)23(30)28-22(29-24)19-8-7-18(31-19)13-9-15(26)12-16(27)10-13/h7-10,12,14,22,29H,4-6,11H2,1-3H3,(H,28,30)/t14-,22-/m0/s1. The van der Waals surface area contributed by atoms with Crippen LogP contribution in [0.2, 0.25) is 10.0 Å². The Balaban J connectivity index is 1.41. The second-order valence-electron chi connectivity index (χ2n) is 9.40. The van der Waals surface area contributed by atoms with Crippen molar-refractivity contribution in [2.45, 2.75) is 52.6 Å². The third-order valence-electron chi connectivity index (χ3n) is 7.12. The number of carbonyl (C=O) groups excluding carboxylic acids is 1. The quantitative estimate of drug-likeness (QED) is 0.395. The number of hydrogen-bond donors (Lipinski definition) is 2. The Morgan fingerprint density at radius 1 is 1.16 bits per heavy atom. The van der Waals surface area contributed by atoms with Crippen LogP contribution in [0.5, 0.6) is 0 Å². The van der Waals surface area contributed by atoms with E-state index in [0.29, 0.717) is 32.9 Å². The van der Waals surface area contributed by atoms with Crippen LogP contribution in [0, 0.1) is 11.3 Å². The summed E-state index contributed by atoms with van der Waals surface area (Å²) in [4.78, 5) is 14.4. The van der Waals surface area contributed by atoms with Gasteiger partial charge in [0.2, 0.25) is 0 Å². The molecule has 0 saturated heterocycles. The maximum absolute atomic E-state index is 13.1. The van der Waals surface area contributed by atoms with Gasteiger partial charge >= 0.3 is 0 Å². The van der Waals surface area contributed by atoms with E-state index >= 15 is 0 Å². The summed E-state index contributed by atoms with van der Waals surface area (Å²) >= 11 is 14.0. The van der Waals surface area contributed by atoms with Crippen LogP contribution >= 0.6 is 34.5 Å². The van der Waals surface area contributed by atoms with Crippen LogP contribution in [0.1, 0.15) is 66.3 Å². The molecule has 1 amide bonds. The highest BCUT2D eigenvalue weighted by molar-refractivity contribution is 7.16. The fraction of sp³-hybridized carbons (Fsp3) is 0.400. The molecule has 1 aromatic carbocycles. The molecule has 2 atom stereocenters. The summed E-state index contributed by atoms with van der Waals surface area (Å²) in [7, 11) is 0. The Bertz CT molecular complexity index is 1180. The molecule has 32 heavy (non-hydrogen) atoms. The molecule has 0 unspecified atom stereocenters. The van der Waals surface area contributed by atoms with E-state index in [4.69, 9.17) is 27.6 Å². The van der Waals surface area contributed by atoms with E-state index in [2.05, 4.69) is 31.4 Å². The van der Waals surface area contributed by atoms with Crippen molar-refractivity contribution in [3.63, 3.8) is 0 Å². The normalized spacial score (nSPS) is 20.3. The molecule has 3 aromatic rings. The lowest BCUT2D eigenvalue weighted by Crippen LogP contribution is -2.38. The minimum Gasteiger partial charge on any atom is -0.457 e. The van der Waals surface area contributed by atoms with E-state index in [1.165, 1.54) is 10.4 Å². The van der Waals surface area contributed by atoms with Crippen molar-refractivity contribution < 1.29 is 9.21 Å². The molecule has 1 aliphatic carbocycles. The van der Waals surface area contributed by atoms with Crippen LogP contribution in [-0.4, -0.2) is 5.91 Å². The molecule has 0 saturated carbocycles. The highest BCUT2D eigenvalue weighted by atomic mass is 35.5. The first-order chi connectivity index (χ1) is 15.2. The number of rotatable bonds is 4. The number of halogens is 2. The van der Waals surface area contributed by atoms with E-state index in [0.717, 1.165) is 41.8 Å². The summed E-state index contributed by atoms with van der Waals surface area (Å²) in [5.41, 5.74) is 3.16. The van der Waals surface area contributed by atoms with Gasteiger partial charge in [0, 0.05) is 20.5 Å². The van der Waals surface area contributed by atoms with Crippen LogP contribution in [0.15, 0.2) is 34.7 Å². The average molecular weight is 489 g/mol. The lowest BCUT2D eigenvalue weighted by Gasteiger charge is -2.36. The summed E-state index contributed by atoms with van der Waals surface area (Å²) in [6, 6.07) is 9.05. The summed E-state index contributed by atoms with van der Waals surface area (Å²) in [5, 5.41) is 8.62. The van der Waals surface area contributed by atoms with Gasteiger partial charge in [-0.2, -0.15) is 0 Å². The molecule has 0 spiro atoms. The molecule has 5 rings (SSSR count). The van der Waals surface area contributed by atoms with Crippen molar-refractivity contribution >= 4 is 45.4 Å². The number of fused-ring (bicyclic) bond motifs is 3. The van der Waals surface area contributed by atoms with Crippen LogP contribution < -0.4 is 10.6 Å². The van der Waals surface area contributed by atoms with Crippen molar-refractivity contribution in [3.05, 3.63) is 62.1 Å². The molecule has 0 fully saturated rings. The first kappa shape index (κ1) is 21.9. The monoisotopic (exact) mass is 488 g/mol. The number of hydrogen-bond acceptors (Lipinski definition) is 4. The van der Waals surface area contributed by atoms with Gasteiger partial charge < -0.3 is 15.1 Å². The zero-order chi connectivity index (χ0) is 22.6. The minimum atomic E-state index is -0.415. The molecule has 7 heteroatoms. The zero-order valence-corrected chi connectivity index (χ0v) is 20.7. The largest absolute Gasteiger partial charge is 0.457 e. The Morgan fingerprint density at radius 2 is 1.91 bits per heavy atom. The lowest BCUT2D eigenvalue weighted by molar-refractivity contribution is 0.0930. The number of nitrogens with one attached hydrogen (secondary N) is 2. The van der Waals surface area contributed by atoms with Crippen LogP contribution in [0.25, 0.3) is 11.3 Å². The fourth-order valence-electron chi connectivity index (χ4n) is 4.76. The lowest BCUT2D eigenvalue weighted by atomic mass is 9.69. The molecule has 168 valence electrons. The molecular formula is C25H26Cl2N2O2S. The predicted molar refractivity (Wildman–Crippen MR) is 132 cm³/mol. The van der Waals surface area contributed by atoms with Gasteiger partial charge in [0.15, 0.2) is 6.17 Å². The molecule has 0 bridgehead atoms. The zero-order valence-electron chi connectivity index (χ0n) is 18.4. The van der Waals surface area contributed by atoms with Gasteiger partial charge in [-0.15, -0.1) is 11.3 Å². The molecule has 2 aliphatic rings. The number of benzene rings is 1. The summed E-state index contributed by atoms with van der Waals surface area (Å²) in [6.45, 7) is 6.99. The van der Waals surface area contributed by atoms with Crippen LogP contribution in [0.3, 0.4) is 0 Å². The minimum absolute atomic E-state index is 0.0294. The predicted octanol–water partition coefficient (Wildman–Crippen LogP) is 7.71. The van der Waals surface area contributed by atoms with Crippen molar-refractivity contribution in [3.8, 4) is 11.3 Å².